The first kappa shape index (κ1) is 23.3. The molecule has 88 valence electrons. The summed E-state index contributed by atoms with van der Waals surface area (Å²) in [5.74, 6) is 0. The highest BCUT2D eigenvalue weighted by atomic mass is 16.3. The van der Waals surface area contributed by atoms with Crippen LogP contribution in [0.1, 0.15) is 40.5 Å². The molecule has 0 aromatic carbocycles. The molecular formula is C12H28O2. The standard InChI is InChI=1S/C4H10.2C3H6.C2H6O2/c1-3-4-2;2*1-3-2;3-1-2-4/h3-4H2,1-2H3;2*3H,1H2,2H3;3-4H,1-2H2. The maximum absolute atomic E-state index is 7.62. The molecule has 0 bridgehead atoms. The largest absolute Gasteiger partial charge is 0.394 e. The Bertz CT molecular complexity index is 56.7. The van der Waals surface area contributed by atoms with Crippen LogP contribution in [-0.4, -0.2) is 23.4 Å². The van der Waals surface area contributed by atoms with Gasteiger partial charge in [-0.25, -0.2) is 0 Å². The van der Waals surface area contributed by atoms with E-state index in [1.54, 1.807) is 12.2 Å². The van der Waals surface area contributed by atoms with Gasteiger partial charge in [-0.15, -0.1) is 13.2 Å². The van der Waals surface area contributed by atoms with Crippen molar-refractivity contribution in [2.24, 2.45) is 0 Å². The maximum Gasteiger partial charge on any atom is 0.0662 e. The Morgan fingerprint density at radius 1 is 0.857 bits per heavy atom. The first-order chi connectivity index (χ1) is 6.66. The van der Waals surface area contributed by atoms with Crippen LogP contribution in [0.4, 0.5) is 0 Å². The topological polar surface area (TPSA) is 40.5 Å². The van der Waals surface area contributed by atoms with E-state index in [4.69, 9.17) is 10.2 Å². The first-order valence-corrected chi connectivity index (χ1v) is 5.02. The monoisotopic (exact) mass is 204 g/mol. The van der Waals surface area contributed by atoms with E-state index in [9.17, 15) is 0 Å². The highest BCUT2D eigenvalue weighted by molar-refractivity contribution is 4.51. The molecule has 0 aromatic rings. The summed E-state index contributed by atoms with van der Waals surface area (Å²) < 4.78 is 0. The van der Waals surface area contributed by atoms with Gasteiger partial charge < -0.3 is 10.2 Å². The number of aliphatic hydroxyl groups is 2. The fraction of sp³-hybridized carbons (Fsp3) is 0.667. The van der Waals surface area contributed by atoms with Crippen LogP contribution in [0.15, 0.2) is 25.3 Å². The smallest absolute Gasteiger partial charge is 0.0662 e. The van der Waals surface area contributed by atoms with Crippen molar-refractivity contribution in [3.8, 4) is 0 Å². The van der Waals surface area contributed by atoms with Gasteiger partial charge in [0.2, 0.25) is 0 Å². The van der Waals surface area contributed by atoms with Crippen molar-refractivity contribution < 1.29 is 10.2 Å². The third kappa shape index (κ3) is 629. The van der Waals surface area contributed by atoms with E-state index >= 15 is 0 Å². The Hall–Kier alpha value is -0.600. The molecule has 0 saturated carbocycles. The van der Waals surface area contributed by atoms with Crippen molar-refractivity contribution in [3.63, 3.8) is 0 Å². The summed E-state index contributed by atoms with van der Waals surface area (Å²) in [7, 11) is 0. The van der Waals surface area contributed by atoms with Crippen LogP contribution in [0.3, 0.4) is 0 Å². The number of unbranched alkanes of at least 4 members (excludes halogenated alkanes) is 1. The number of rotatable bonds is 2. The number of allylic oxidation sites excluding steroid dienone is 2. The van der Waals surface area contributed by atoms with E-state index in [0.717, 1.165) is 0 Å². The van der Waals surface area contributed by atoms with E-state index in [-0.39, 0.29) is 13.2 Å². The molecule has 0 atom stereocenters. The molecular weight excluding hydrogens is 176 g/mol. The highest BCUT2D eigenvalue weighted by Gasteiger charge is 1.58. The highest BCUT2D eigenvalue weighted by Crippen LogP contribution is 1.76. The summed E-state index contributed by atoms with van der Waals surface area (Å²) in [4.78, 5) is 0. The quantitative estimate of drug-likeness (QED) is 0.678. The van der Waals surface area contributed by atoms with Gasteiger partial charge in [0, 0.05) is 0 Å². The van der Waals surface area contributed by atoms with E-state index in [0.29, 0.717) is 0 Å². The molecule has 0 amide bonds. The normalized spacial score (nSPS) is 6.14. The van der Waals surface area contributed by atoms with Crippen LogP contribution < -0.4 is 0 Å². The van der Waals surface area contributed by atoms with E-state index in [1.807, 2.05) is 13.8 Å². The average molecular weight is 204 g/mol. The molecule has 0 aromatic heterocycles. The van der Waals surface area contributed by atoms with Gasteiger partial charge in [0.25, 0.3) is 0 Å². The first-order valence-electron chi connectivity index (χ1n) is 5.02. The molecule has 0 unspecified atom stereocenters. The van der Waals surface area contributed by atoms with Gasteiger partial charge in [0.1, 0.15) is 0 Å². The zero-order valence-electron chi connectivity index (χ0n) is 10.3. The fourth-order valence-corrected chi connectivity index (χ4v) is 0. The van der Waals surface area contributed by atoms with E-state index in [1.165, 1.54) is 12.8 Å². The third-order valence-corrected chi connectivity index (χ3v) is 0.600. The fourth-order valence-electron chi connectivity index (χ4n) is 0. The zero-order valence-corrected chi connectivity index (χ0v) is 10.3. The number of hydrogen-bond acceptors (Lipinski definition) is 2. The Labute approximate surface area is 90.0 Å². The van der Waals surface area contributed by atoms with Crippen LogP contribution in [0, 0.1) is 0 Å². The van der Waals surface area contributed by atoms with Gasteiger partial charge in [-0.1, -0.05) is 38.8 Å². The molecule has 0 aliphatic carbocycles. The summed E-state index contributed by atoms with van der Waals surface area (Å²) in [6, 6.07) is 0. The van der Waals surface area contributed by atoms with Crippen molar-refractivity contribution in [1.29, 1.82) is 0 Å². The summed E-state index contributed by atoms with van der Waals surface area (Å²) in [6.07, 6.45) is 6.14. The second-order valence-corrected chi connectivity index (χ2v) is 2.26. The lowest BCUT2D eigenvalue weighted by Gasteiger charge is -1.70. The number of hydrogen-bond donors (Lipinski definition) is 2. The molecule has 2 nitrogen and oxygen atoms in total. The Morgan fingerprint density at radius 2 is 1.00 bits per heavy atom. The molecule has 0 fully saturated rings. The molecule has 2 N–H and O–H groups in total. The second kappa shape index (κ2) is 55.3. The van der Waals surface area contributed by atoms with Gasteiger partial charge in [0.05, 0.1) is 13.2 Å². The van der Waals surface area contributed by atoms with Crippen LogP contribution in [0.25, 0.3) is 0 Å². The Morgan fingerprint density at radius 3 is 1.00 bits per heavy atom. The van der Waals surface area contributed by atoms with Gasteiger partial charge >= 0.3 is 0 Å². The lowest BCUT2D eigenvalue weighted by Crippen LogP contribution is -1.85. The van der Waals surface area contributed by atoms with Crippen LogP contribution >= 0.6 is 0 Å². The molecule has 0 rings (SSSR count). The van der Waals surface area contributed by atoms with Gasteiger partial charge in [-0.2, -0.15) is 0 Å². The molecule has 0 aliphatic heterocycles. The zero-order chi connectivity index (χ0) is 12.2. The van der Waals surface area contributed by atoms with Crippen LogP contribution in [0.2, 0.25) is 0 Å². The lowest BCUT2D eigenvalue weighted by molar-refractivity contribution is 0.186. The predicted molar refractivity (Wildman–Crippen MR) is 66.5 cm³/mol. The summed E-state index contributed by atoms with van der Waals surface area (Å²) in [6.45, 7) is 14.6. The van der Waals surface area contributed by atoms with Gasteiger partial charge in [0.15, 0.2) is 0 Å². The minimum atomic E-state index is -0.125. The minimum Gasteiger partial charge on any atom is -0.394 e. The van der Waals surface area contributed by atoms with Crippen molar-refractivity contribution in [2.45, 2.75) is 40.5 Å². The Kier molecular flexibility index (Phi) is 92.0. The second-order valence-electron chi connectivity index (χ2n) is 2.26. The van der Waals surface area contributed by atoms with Crippen molar-refractivity contribution in [3.05, 3.63) is 25.3 Å². The van der Waals surface area contributed by atoms with Crippen molar-refractivity contribution in [2.75, 3.05) is 13.2 Å². The van der Waals surface area contributed by atoms with Crippen LogP contribution in [-0.2, 0) is 0 Å². The molecule has 0 aliphatic rings. The SMILES string of the molecule is C=CC.C=CC.CCCC.OCCO. The van der Waals surface area contributed by atoms with E-state index < -0.39 is 0 Å². The Balaban J connectivity index is -0.0000000482. The van der Waals surface area contributed by atoms with Crippen LogP contribution in [0.5, 0.6) is 0 Å². The maximum atomic E-state index is 7.62. The molecule has 0 radical (unpaired) electrons. The molecule has 0 heterocycles. The lowest BCUT2D eigenvalue weighted by atomic mass is 10.4. The molecule has 2 heteroatoms. The minimum absolute atomic E-state index is 0.125. The molecule has 0 saturated heterocycles. The summed E-state index contributed by atoms with van der Waals surface area (Å²) in [5, 5.41) is 15.2. The molecule has 14 heavy (non-hydrogen) atoms. The summed E-state index contributed by atoms with van der Waals surface area (Å²) >= 11 is 0. The predicted octanol–water partition coefficient (Wildman–Crippen LogP) is 3.16. The van der Waals surface area contributed by atoms with Crippen molar-refractivity contribution >= 4 is 0 Å². The van der Waals surface area contributed by atoms with E-state index in [2.05, 4.69) is 27.0 Å². The number of aliphatic hydroxyl groups excluding tert-OH is 2. The summed E-state index contributed by atoms with van der Waals surface area (Å²) in [5.41, 5.74) is 0. The average Bonchev–Trinajstić information content (AvgIpc) is 2.20. The molecule has 0 spiro atoms. The van der Waals surface area contributed by atoms with Crippen molar-refractivity contribution in [1.82, 2.24) is 0 Å². The van der Waals surface area contributed by atoms with Gasteiger partial charge in [-0.3, -0.25) is 0 Å². The van der Waals surface area contributed by atoms with Gasteiger partial charge in [-0.05, 0) is 13.8 Å². The third-order valence-electron chi connectivity index (χ3n) is 0.600.